The van der Waals surface area contributed by atoms with E-state index >= 15 is 0 Å². The van der Waals surface area contributed by atoms with Crippen LogP contribution >= 0.6 is 11.6 Å². The van der Waals surface area contributed by atoms with Gasteiger partial charge in [0, 0.05) is 12.4 Å². The molecule has 0 atom stereocenters. The maximum absolute atomic E-state index is 5.77. The van der Waals surface area contributed by atoms with Gasteiger partial charge in [0.05, 0.1) is 0 Å². The minimum Gasteiger partial charge on any atom is -0.381 e. The van der Waals surface area contributed by atoms with E-state index in [9.17, 15) is 0 Å². The van der Waals surface area contributed by atoms with Crippen molar-refractivity contribution in [1.82, 2.24) is 14.6 Å². The van der Waals surface area contributed by atoms with E-state index in [-0.39, 0.29) is 0 Å². The molecule has 0 aliphatic carbocycles. The van der Waals surface area contributed by atoms with Gasteiger partial charge in [0.15, 0.2) is 11.5 Å². The van der Waals surface area contributed by atoms with E-state index in [0.717, 1.165) is 0 Å². The smallest absolute Gasteiger partial charge is 0.176 e. The van der Waals surface area contributed by atoms with Crippen LogP contribution in [0.5, 0.6) is 0 Å². The molecule has 2 aromatic rings. The third-order valence-corrected chi connectivity index (χ3v) is 1.73. The molecular weight excluding hydrogens is 164 g/mol. The summed E-state index contributed by atoms with van der Waals surface area (Å²) in [5.74, 6) is 0.311. The van der Waals surface area contributed by atoms with Crippen molar-refractivity contribution in [2.45, 2.75) is 0 Å². The summed E-state index contributed by atoms with van der Waals surface area (Å²) >= 11 is 5.77. The summed E-state index contributed by atoms with van der Waals surface area (Å²) in [7, 11) is 0. The largest absolute Gasteiger partial charge is 0.381 e. The number of hydrogen-bond acceptors (Lipinski definition) is 3. The zero-order chi connectivity index (χ0) is 7.84. The van der Waals surface area contributed by atoms with Gasteiger partial charge in [-0.15, -0.1) is 5.10 Å². The Hall–Kier alpha value is -1.29. The average molecular weight is 169 g/mol. The second-order valence-corrected chi connectivity index (χ2v) is 2.47. The molecule has 0 aliphatic rings. The average Bonchev–Trinajstić information content (AvgIpc) is 2.30. The molecule has 0 spiro atoms. The van der Waals surface area contributed by atoms with Crippen LogP contribution in [0.2, 0.25) is 5.02 Å². The molecular formula is C6H5ClN4. The van der Waals surface area contributed by atoms with Crippen LogP contribution in [0.15, 0.2) is 18.5 Å². The van der Waals surface area contributed by atoms with Crippen molar-refractivity contribution in [3.05, 3.63) is 23.5 Å². The molecule has 2 heterocycles. The van der Waals surface area contributed by atoms with E-state index in [1.165, 1.54) is 4.52 Å². The fourth-order valence-electron chi connectivity index (χ4n) is 0.876. The lowest BCUT2D eigenvalue weighted by atomic mass is 10.6. The standard InChI is InChI=1S/C6H5ClN4/c7-4-5(8)10-11-3-1-2-9-6(4)11/h1-3H,(H2,8,10). The Bertz CT molecular complexity index is 394. The quantitative estimate of drug-likeness (QED) is 0.638. The number of nitrogens with two attached hydrogens (primary N) is 1. The van der Waals surface area contributed by atoms with Crippen LogP contribution in [0.3, 0.4) is 0 Å². The van der Waals surface area contributed by atoms with Crippen molar-refractivity contribution in [1.29, 1.82) is 0 Å². The highest BCUT2D eigenvalue weighted by Gasteiger charge is 2.06. The summed E-state index contributed by atoms with van der Waals surface area (Å²) in [6, 6.07) is 1.76. The number of hydrogen-bond donors (Lipinski definition) is 1. The van der Waals surface area contributed by atoms with Crippen molar-refractivity contribution < 1.29 is 0 Å². The summed E-state index contributed by atoms with van der Waals surface area (Å²) in [5.41, 5.74) is 6.04. The highest BCUT2D eigenvalue weighted by atomic mass is 35.5. The first-order chi connectivity index (χ1) is 5.29. The topological polar surface area (TPSA) is 56.2 Å². The first kappa shape index (κ1) is 6.42. The number of rotatable bonds is 0. The van der Waals surface area contributed by atoms with E-state index in [4.69, 9.17) is 17.3 Å². The SMILES string of the molecule is Nc1nn2cccnc2c1Cl. The molecule has 5 heteroatoms. The van der Waals surface area contributed by atoms with Crippen LogP contribution in [0, 0.1) is 0 Å². The van der Waals surface area contributed by atoms with Crippen LogP contribution in [0.1, 0.15) is 0 Å². The number of fused-ring (bicyclic) bond motifs is 1. The van der Waals surface area contributed by atoms with Gasteiger partial charge in [-0.05, 0) is 6.07 Å². The lowest BCUT2D eigenvalue weighted by molar-refractivity contribution is 0.945. The van der Waals surface area contributed by atoms with E-state index in [2.05, 4.69) is 10.1 Å². The first-order valence-electron chi connectivity index (χ1n) is 3.03. The van der Waals surface area contributed by atoms with E-state index < -0.39 is 0 Å². The number of nitrogens with zero attached hydrogens (tertiary/aromatic N) is 3. The second kappa shape index (κ2) is 2.10. The predicted molar refractivity (Wildman–Crippen MR) is 42.4 cm³/mol. The van der Waals surface area contributed by atoms with Crippen molar-refractivity contribution in [3.8, 4) is 0 Å². The number of halogens is 1. The summed E-state index contributed by atoms with van der Waals surface area (Å²) < 4.78 is 1.54. The van der Waals surface area contributed by atoms with Crippen molar-refractivity contribution in [2.75, 3.05) is 5.73 Å². The highest BCUT2D eigenvalue weighted by molar-refractivity contribution is 6.35. The lowest BCUT2D eigenvalue weighted by Gasteiger charge is -1.87. The maximum Gasteiger partial charge on any atom is 0.176 e. The van der Waals surface area contributed by atoms with Gasteiger partial charge in [0.1, 0.15) is 5.02 Å². The van der Waals surface area contributed by atoms with Crippen molar-refractivity contribution in [2.24, 2.45) is 0 Å². The van der Waals surface area contributed by atoms with Gasteiger partial charge >= 0.3 is 0 Å². The Labute approximate surface area is 67.6 Å². The van der Waals surface area contributed by atoms with Gasteiger partial charge in [0.25, 0.3) is 0 Å². The lowest BCUT2D eigenvalue weighted by Crippen LogP contribution is -1.88. The fourth-order valence-corrected chi connectivity index (χ4v) is 1.05. The first-order valence-corrected chi connectivity index (χ1v) is 3.41. The van der Waals surface area contributed by atoms with Gasteiger partial charge in [-0.2, -0.15) is 0 Å². The Balaban J connectivity index is 2.92. The summed E-state index contributed by atoms with van der Waals surface area (Å²) in [4.78, 5) is 3.99. The molecule has 0 saturated heterocycles. The molecule has 2 rings (SSSR count). The minimum absolute atomic E-state index is 0.311. The van der Waals surface area contributed by atoms with E-state index in [0.29, 0.717) is 16.5 Å². The maximum atomic E-state index is 5.77. The van der Waals surface area contributed by atoms with Crippen LogP contribution in [-0.4, -0.2) is 14.6 Å². The molecule has 0 saturated carbocycles. The minimum atomic E-state index is 0.311. The van der Waals surface area contributed by atoms with E-state index in [1.807, 2.05) is 0 Å². The third kappa shape index (κ3) is 0.832. The van der Waals surface area contributed by atoms with Gasteiger partial charge < -0.3 is 5.73 Å². The predicted octanol–water partition coefficient (Wildman–Crippen LogP) is 0.965. The Morgan fingerprint density at radius 2 is 2.36 bits per heavy atom. The molecule has 0 radical (unpaired) electrons. The van der Waals surface area contributed by atoms with Gasteiger partial charge in [-0.3, -0.25) is 0 Å². The molecule has 4 nitrogen and oxygen atoms in total. The zero-order valence-electron chi connectivity index (χ0n) is 5.53. The molecule has 0 aromatic carbocycles. The highest BCUT2D eigenvalue weighted by Crippen LogP contribution is 2.20. The zero-order valence-corrected chi connectivity index (χ0v) is 6.28. The number of anilines is 1. The van der Waals surface area contributed by atoms with Crippen LogP contribution in [-0.2, 0) is 0 Å². The molecule has 0 fully saturated rings. The van der Waals surface area contributed by atoms with Crippen LogP contribution in [0.4, 0.5) is 5.82 Å². The molecule has 0 unspecified atom stereocenters. The third-order valence-electron chi connectivity index (χ3n) is 1.36. The van der Waals surface area contributed by atoms with Gasteiger partial charge in [0.2, 0.25) is 0 Å². The van der Waals surface area contributed by atoms with Gasteiger partial charge in [-0.25, -0.2) is 9.50 Å². The molecule has 0 aliphatic heterocycles. The molecule has 56 valence electrons. The number of aromatic nitrogens is 3. The van der Waals surface area contributed by atoms with Crippen molar-refractivity contribution >= 4 is 23.1 Å². The molecule has 0 bridgehead atoms. The number of nitrogen functional groups attached to an aromatic ring is 1. The van der Waals surface area contributed by atoms with Crippen LogP contribution in [0.25, 0.3) is 5.65 Å². The molecule has 11 heavy (non-hydrogen) atoms. The molecule has 2 N–H and O–H groups in total. The summed E-state index contributed by atoms with van der Waals surface area (Å²) in [5, 5.41) is 4.32. The van der Waals surface area contributed by atoms with Crippen LogP contribution < -0.4 is 5.73 Å². The molecule has 0 amide bonds. The Morgan fingerprint density at radius 1 is 1.55 bits per heavy atom. The Kier molecular flexibility index (Phi) is 1.22. The van der Waals surface area contributed by atoms with Gasteiger partial charge in [-0.1, -0.05) is 11.6 Å². The monoisotopic (exact) mass is 168 g/mol. The van der Waals surface area contributed by atoms with E-state index in [1.54, 1.807) is 18.5 Å². The molecule has 2 aromatic heterocycles. The normalized spacial score (nSPS) is 10.6. The second-order valence-electron chi connectivity index (χ2n) is 2.09. The summed E-state index contributed by atoms with van der Waals surface area (Å²) in [6.45, 7) is 0. The summed E-state index contributed by atoms with van der Waals surface area (Å²) in [6.07, 6.45) is 3.38. The fraction of sp³-hybridized carbons (Fsp3) is 0. The Morgan fingerprint density at radius 3 is 3.09 bits per heavy atom. The van der Waals surface area contributed by atoms with Crippen molar-refractivity contribution in [3.63, 3.8) is 0 Å².